The predicted octanol–water partition coefficient (Wildman–Crippen LogP) is 1.70. The first-order valence-corrected chi connectivity index (χ1v) is 5.10. The van der Waals surface area contributed by atoms with Crippen LogP contribution in [0.2, 0.25) is 0 Å². The maximum absolute atomic E-state index is 8.52. The Bertz CT molecular complexity index is 102. The number of unbranched alkanes of at least 4 members (excludes halogenated alkanes) is 2. The average molecular weight is 270 g/mol. The van der Waals surface area contributed by atoms with Crippen molar-refractivity contribution in [1.82, 2.24) is 4.90 Å². The molecule has 3 nitrogen and oxygen atoms in total. The Balaban J connectivity index is 0. The summed E-state index contributed by atoms with van der Waals surface area (Å²) in [6.45, 7) is 3.10. The Labute approximate surface area is 98.2 Å². The van der Waals surface area contributed by atoms with Crippen LogP contribution in [0.3, 0.4) is 0 Å². The van der Waals surface area contributed by atoms with Crippen LogP contribution in [0.4, 0.5) is 0 Å². The summed E-state index contributed by atoms with van der Waals surface area (Å²) in [5.41, 5.74) is 0. The molecule has 0 bridgehead atoms. The topological polar surface area (TPSA) is 32.7 Å². The monoisotopic (exact) mass is 269 g/mol. The molecule has 0 aliphatic rings. The highest BCUT2D eigenvalue weighted by molar-refractivity contribution is 8.93. The molecule has 0 aliphatic carbocycles. The fourth-order valence-corrected chi connectivity index (χ4v) is 1.08. The summed E-state index contributed by atoms with van der Waals surface area (Å²) in [5, 5.41) is 8.52. The van der Waals surface area contributed by atoms with Gasteiger partial charge in [0.25, 0.3) is 0 Å². The van der Waals surface area contributed by atoms with Crippen LogP contribution < -0.4 is 0 Å². The minimum absolute atomic E-state index is 0. The van der Waals surface area contributed by atoms with Gasteiger partial charge in [0.2, 0.25) is 0 Å². The summed E-state index contributed by atoms with van der Waals surface area (Å²) in [5.74, 6) is 0. The highest BCUT2D eigenvalue weighted by Gasteiger charge is 1.91. The van der Waals surface area contributed by atoms with Crippen LogP contribution in [-0.4, -0.2) is 50.5 Å². The quantitative estimate of drug-likeness (QED) is 0.647. The van der Waals surface area contributed by atoms with Gasteiger partial charge in [-0.25, -0.2) is 0 Å². The molecule has 0 radical (unpaired) electrons. The van der Waals surface area contributed by atoms with E-state index < -0.39 is 0 Å². The maximum atomic E-state index is 8.52. The van der Waals surface area contributed by atoms with Crippen LogP contribution in [0.25, 0.3) is 0 Å². The van der Waals surface area contributed by atoms with Gasteiger partial charge in [0.05, 0.1) is 0 Å². The molecule has 4 heteroatoms. The van der Waals surface area contributed by atoms with Gasteiger partial charge in [0.15, 0.2) is 0 Å². The van der Waals surface area contributed by atoms with Gasteiger partial charge in [-0.05, 0) is 46.3 Å². The summed E-state index contributed by atoms with van der Waals surface area (Å²) < 4.78 is 5.42. The van der Waals surface area contributed by atoms with Crippen LogP contribution in [0.15, 0.2) is 0 Å². The number of rotatable bonds is 9. The van der Waals surface area contributed by atoms with Crippen molar-refractivity contribution in [1.29, 1.82) is 0 Å². The van der Waals surface area contributed by atoms with E-state index in [-0.39, 0.29) is 17.0 Å². The van der Waals surface area contributed by atoms with Crippen molar-refractivity contribution in [3.8, 4) is 0 Å². The van der Waals surface area contributed by atoms with Crippen LogP contribution >= 0.6 is 17.0 Å². The number of ether oxygens (including phenoxy) is 1. The fourth-order valence-electron chi connectivity index (χ4n) is 1.08. The third-order valence-electron chi connectivity index (χ3n) is 1.84. The van der Waals surface area contributed by atoms with Crippen molar-refractivity contribution in [2.24, 2.45) is 0 Å². The Morgan fingerprint density at radius 3 is 2.21 bits per heavy atom. The zero-order chi connectivity index (χ0) is 9.94. The van der Waals surface area contributed by atoms with Crippen molar-refractivity contribution in [3.05, 3.63) is 0 Å². The standard InChI is InChI=1S/C10H23NO2.BrH/c1-11(2)7-6-10-13-9-5-3-4-8-12;/h12H,3-10H2,1-2H3;1H. The highest BCUT2D eigenvalue weighted by atomic mass is 79.9. The second-order valence-corrected chi connectivity index (χ2v) is 3.55. The molecule has 0 spiro atoms. The third-order valence-corrected chi connectivity index (χ3v) is 1.84. The van der Waals surface area contributed by atoms with Gasteiger partial charge >= 0.3 is 0 Å². The number of aliphatic hydroxyl groups is 1. The van der Waals surface area contributed by atoms with E-state index in [0.717, 1.165) is 45.4 Å². The van der Waals surface area contributed by atoms with Crippen molar-refractivity contribution < 1.29 is 9.84 Å². The second-order valence-electron chi connectivity index (χ2n) is 3.55. The van der Waals surface area contributed by atoms with Gasteiger partial charge in [-0.2, -0.15) is 0 Å². The van der Waals surface area contributed by atoms with Gasteiger partial charge in [0, 0.05) is 19.8 Å². The van der Waals surface area contributed by atoms with Crippen molar-refractivity contribution in [3.63, 3.8) is 0 Å². The number of halogens is 1. The van der Waals surface area contributed by atoms with E-state index in [4.69, 9.17) is 9.84 Å². The predicted molar refractivity (Wildman–Crippen MR) is 65.2 cm³/mol. The maximum Gasteiger partial charge on any atom is 0.0478 e. The zero-order valence-electron chi connectivity index (χ0n) is 9.37. The first kappa shape index (κ1) is 16.8. The van der Waals surface area contributed by atoms with Gasteiger partial charge in [-0.3, -0.25) is 0 Å². The molecule has 0 saturated heterocycles. The Kier molecular flexibility index (Phi) is 16.0. The largest absolute Gasteiger partial charge is 0.396 e. The lowest BCUT2D eigenvalue weighted by Gasteiger charge is -2.09. The lowest BCUT2D eigenvalue weighted by Crippen LogP contribution is -2.14. The molecule has 88 valence electrons. The normalized spacial score (nSPS) is 10.3. The molecule has 0 saturated carbocycles. The highest BCUT2D eigenvalue weighted by Crippen LogP contribution is 1.95. The lowest BCUT2D eigenvalue weighted by molar-refractivity contribution is 0.120. The lowest BCUT2D eigenvalue weighted by atomic mass is 10.2. The summed E-state index contributed by atoms with van der Waals surface area (Å²) in [4.78, 5) is 2.16. The van der Waals surface area contributed by atoms with Gasteiger partial charge in [0.1, 0.15) is 0 Å². The molecular formula is C10H24BrNO2. The molecule has 0 aromatic heterocycles. The fraction of sp³-hybridized carbons (Fsp3) is 1.00. The number of nitrogens with zero attached hydrogens (tertiary/aromatic N) is 1. The number of aliphatic hydroxyl groups excluding tert-OH is 1. The number of hydrogen-bond donors (Lipinski definition) is 1. The summed E-state index contributed by atoms with van der Waals surface area (Å²) >= 11 is 0. The minimum atomic E-state index is 0. The van der Waals surface area contributed by atoms with E-state index in [1.54, 1.807) is 0 Å². The Morgan fingerprint density at radius 1 is 1.00 bits per heavy atom. The molecule has 14 heavy (non-hydrogen) atoms. The smallest absolute Gasteiger partial charge is 0.0478 e. The Morgan fingerprint density at radius 2 is 1.64 bits per heavy atom. The molecule has 0 unspecified atom stereocenters. The second kappa shape index (κ2) is 13.4. The molecule has 0 fully saturated rings. The number of hydrogen-bond acceptors (Lipinski definition) is 3. The summed E-state index contributed by atoms with van der Waals surface area (Å²) in [7, 11) is 4.14. The van der Waals surface area contributed by atoms with E-state index in [1.807, 2.05) is 0 Å². The molecule has 0 rings (SSSR count). The SMILES string of the molecule is Br.CN(C)CCCOCCCCCO. The van der Waals surface area contributed by atoms with E-state index in [2.05, 4.69) is 19.0 Å². The first-order valence-electron chi connectivity index (χ1n) is 5.10. The van der Waals surface area contributed by atoms with Crippen LogP contribution in [0.5, 0.6) is 0 Å². The molecule has 0 aliphatic heterocycles. The van der Waals surface area contributed by atoms with E-state index in [0.29, 0.717) is 6.61 Å². The average Bonchev–Trinajstić information content (AvgIpc) is 2.09. The zero-order valence-corrected chi connectivity index (χ0v) is 11.1. The molecule has 0 heterocycles. The summed E-state index contributed by atoms with van der Waals surface area (Å²) in [6, 6.07) is 0. The van der Waals surface area contributed by atoms with E-state index >= 15 is 0 Å². The van der Waals surface area contributed by atoms with E-state index in [9.17, 15) is 0 Å². The van der Waals surface area contributed by atoms with Gasteiger partial charge in [-0.1, -0.05) is 0 Å². The van der Waals surface area contributed by atoms with Crippen molar-refractivity contribution in [2.75, 3.05) is 40.5 Å². The third kappa shape index (κ3) is 14.9. The molecule has 0 aromatic rings. The minimum Gasteiger partial charge on any atom is -0.396 e. The van der Waals surface area contributed by atoms with Crippen molar-refractivity contribution in [2.45, 2.75) is 25.7 Å². The molecule has 0 amide bonds. The first-order chi connectivity index (χ1) is 6.27. The molecule has 1 N–H and O–H groups in total. The van der Waals surface area contributed by atoms with Crippen molar-refractivity contribution >= 4 is 17.0 Å². The van der Waals surface area contributed by atoms with Crippen LogP contribution in [-0.2, 0) is 4.74 Å². The Hall–Kier alpha value is 0.360. The van der Waals surface area contributed by atoms with E-state index in [1.165, 1.54) is 0 Å². The molecular weight excluding hydrogens is 246 g/mol. The van der Waals surface area contributed by atoms with Crippen LogP contribution in [0, 0.1) is 0 Å². The summed E-state index contributed by atoms with van der Waals surface area (Å²) in [6.07, 6.45) is 4.15. The van der Waals surface area contributed by atoms with Gasteiger partial charge in [-0.15, -0.1) is 17.0 Å². The van der Waals surface area contributed by atoms with Crippen LogP contribution in [0.1, 0.15) is 25.7 Å². The van der Waals surface area contributed by atoms with Gasteiger partial charge < -0.3 is 14.7 Å². The molecule has 0 aromatic carbocycles. The molecule has 0 atom stereocenters.